The third-order valence-electron chi connectivity index (χ3n) is 13.3. The van der Waals surface area contributed by atoms with Crippen molar-refractivity contribution < 1.29 is 22.4 Å². The van der Waals surface area contributed by atoms with Gasteiger partial charge in [0.05, 0.1) is 0 Å². The second kappa shape index (κ2) is 23.1. The lowest BCUT2D eigenvalue weighted by molar-refractivity contribution is 0.333. The molecule has 0 aliphatic rings. The zero-order valence-electron chi connectivity index (χ0n) is 50.6. The van der Waals surface area contributed by atoms with Gasteiger partial charge >= 0.3 is 17.2 Å². The standard InChI is InChI=1S/C56H84O5P2.C12H10/c1-49(2,3)37-25-29-45(41(33-37)53(13,14)15)57-62(58-46-30-26-38(50(4,5)6)34-42(46)54(16,17)18)61-63(59-47-31-27-39(51(7,8)9)35-43(47)55(19,20)21)60-48-32-28-40(52(10,11)12)36-44(48)56(22,23)24;1-3-7-11(8-4-1)12-9-5-2-6-10-12/h25-36H,1-24H3;1-10H. The van der Waals surface area contributed by atoms with Gasteiger partial charge in [0.25, 0.3) is 0 Å². The zero-order chi connectivity index (χ0) is 56.3. The number of benzene rings is 6. The average molecular weight is 1050 g/mol. The van der Waals surface area contributed by atoms with Crippen LogP contribution in [0.4, 0.5) is 0 Å². The molecule has 0 unspecified atom stereocenters. The molecular formula is C68H94O5P2. The molecule has 0 heterocycles. The summed E-state index contributed by atoms with van der Waals surface area (Å²) in [6.07, 6.45) is 0. The van der Waals surface area contributed by atoms with E-state index in [1.807, 2.05) is 12.1 Å². The van der Waals surface area contributed by atoms with E-state index in [-0.39, 0.29) is 43.3 Å². The van der Waals surface area contributed by atoms with Crippen LogP contribution in [0.15, 0.2) is 133 Å². The van der Waals surface area contributed by atoms with Crippen LogP contribution in [0.3, 0.4) is 0 Å². The molecule has 0 bridgehead atoms. The van der Waals surface area contributed by atoms with Crippen molar-refractivity contribution in [1.82, 2.24) is 0 Å². The van der Waals surface area contributed by atoms with Crippen LogP contribution in [0, 0.1) is 0 Å². The van der Waals surface area contributed by atoms with Crippen LogP contribution in [0.25, 0.3) is 11.1 Å². The highest BCUT2D eigenvalue weighted by atomic mass is 31.2. The molecule has 0 atom stereocenters. The van der Waals surface area contributed by atoms with Gasteiger partial charge in [0.2, 0.25) is 0 Å². The van der Waals surface area contributed by atoms with Gasteiger partial charge in [-0.3, -0.25) is 0 Å². The maximum Gasteiger partial charge on any atom is 0.471 e. The fourth-order valence-electron chi connectivity index (χ4n) is 8.39. The number of rotatable bonds is 11. The Bertz CT molecular complexity index is 2460. The summed E-state index contributed by atoms with van der Waals surface area (Å²) in [6.45, 7) is 53.5. The lowest BCUT2D eigenvalue weighted by atomic mass is 9.80. The van der Waals surface area contributed by atoms with Gasteiger partial charge in [0.1, 0.15) is 23.0 Å². The molecule has 0 spiro atoms. The van der Waals surface area contributed by atoms with E-state index in [0.29, 0.717) is 23.0 Å². The summed E-state index contributed by atoms with van der Waals surface area (Å²) in [7, 11) is -4.39. The SMILES string of the molecule is CC(C)(C)c1ccc(OP(Oc2ccc(C(C)(C)C)cc2C(C)(C)C)OP(Oc2ccc(C(C)(C)C)cc2C(C)(C)C)Oc2ccc(C(C)(C)C)cc2C(C)(C)C)c(C(C)(C)C)c1.c1ccc(-c2ccccc2)cc1. The molecule has 0 N–H and O–H groups in total. The van der Waals surface area contributed by atoms with Crippen molar-refractivity contribution in [2.45, 2.75) is 209 Å². The van der Waals surface area contributed by atoms with Gasteiger partial charge in [-0.25, -0.2) is 0 Å². The highest BCUT2D eigenvalue weighted by molar-refractivity contribution is 7.56. The van der Waals surface area contributed by atoms with Crippen LogP contribution in [0.2, 0.25) is 0 Å². The summed E-state index contributed by atoms with van der Waals surface area (Å²) in [5.41, 5.74) is 10.6. The van der Waals surface area contributed by atoms with Gasteiger partial charge in [0.15, 0.2) is 0 Å². The van der Waals surface area contributed by atoms with Gasteiger partial charge in [-0.1, -0.05) is 275 Å². The second-order valence-electron chi connectivity index (χ2n) is 28.5. The molecule has 6 aromatic rings. The summed E-state index contributed by atoms with van der Waals surface area (Å²) in [5.74, 6) is 2.81. The minimum atomic E-state index is -2.19. The quantitative estimate of drug-likeness (QED) is 0.121. The van der Waals surface area contributed by atoms with Crippen molar-refractivity contribution in [3.8, 4) is 34.1 Å². The van der Waals surface area contributed by atoms with E-state index in [0.717, 1.165) is 22.3 Å². The molecule has 7 heteroatoms. The largest absolute Gasteiger partial charge is 0.471 e. The van der Waals surface area contributed by atoms with Crippen LogP contribution >= 0.6 is 17.2 Å². The summed E-state index contributed by atoms with van der Waals surface area (Å²) < 4.78 is 35.6. The topological polar surface area (TPSA) is 46.2 Å². The van der Waals surface area contributed by atoms with Gasteiger partial charge in [-0.05, 0) is 101 Å². The second-order valence-corrected chi connectivity index (χ2v) is 30.7. The van der Waals surface area contributed by atoms with Crippen LogP contribution in [0.5, 0.6) is 23.0 Å². The highest BCUT2D eigenvalue weighted by Gasteiger charge is 2.37. The molecule has 75 heavy (non-hydrogen) atoms. The van der Waals surface area contributed by atoms with Crippen LogP contribution in [0.1, 0.15) is 211 Å². The molecule has 0 saturated carbocycles. The van der Waals surface area contributed by atoms with E-state index >= 15 is 0 Å². The van der Waals surface area contributed by atoms with E-state index in [1.165, 1.54) is 33.4 Å². The molecule has 5 nitrogen and oxygen atoms in total. The predicted octanol–water partition coefficient (Wildman–Crippen LogP) is 21.5. The Morgan fingerprint density at radius 1 is 0.240 bits per heavy atom. The first-order chi connectivity index (χ1) is 34.2. The summed E-state index contributed by atoms with van der Waals surface area (Å²) in [4.78, 5) is 0. The minimum Gasteiger partial charge on any atom is -0.417 e. The van der Waals surface area contributed by atoms with Crippen molar-refractivity contribution in [1.29, 1.82) is 0 Å². The van der Waals surface area contributed by atoms with E-state index in [9.17, 15) is 0 Å². The third kappa shape index (κ3) is 17.2. The molecule has 0 radical (unpaired) electrons. The Labute approximate surface area is 458 Å². The number of hydrogen-bond acceptors (Lipinski definition) is 5. The molecule has 0 aromatic heterocycles. The lowest BCUT2D eigenvalue weighted by Crippen LogP contribution is -2.19. The average Bonchev–Trinajstić information content (AvgIpc) is 3.27. The summed E-state index contributed by atoms with van der Waals surface area (Å²) in [5, 5.41) is 0. The smallest absolute Gasteiger partial charge is 0.417 e. The molecule has 0 aliphatic heterocycles. The van der Waals surface area contributed by atoms with E-state index < -0.39 is 17.2 Å². The minimum absolute atomic E-state index is 0.0523. The van der Waals surface area contributed by atoms with Crippen molar-refractivity contribution in [2.75, 3.05) is 0 Å². The van der Waals surface area contributed by atoms with Gasteiger partial charge in [-0.2, -0.15) is 4.31 Å². The fraction of sp³-hybridized carbons (Fsp3) is 0.471. The molecular weight excluding hydrogens is 959 g/mol. The Balaban J connectivity index is 0.000000751. The van der Waals surface area contributed by atoms with Gasteiger partial charge in [0, 0.05) is 22.3 Å². The normalized spacial score (nSPS) is 13.1. The maximum absolute atomic E-state index is 7.17. The molecule has 0 fully saturated rings. The first-order valence-corrected chi connectivity index (χ1v) is 29.1. The Morgan fingerprint density at radius 3 is 0.613 bits per heavy atom. The monoisotopic (exact) mass is 1050 g/mol. The lowest BCUT2D eigenvalue weighted by Gasteiger charge is -2.32. The molecule has 406 valence electrons. The molecule has 6 rings (SSSR count). The van der Waals surface area contributed by atoms with Crippen LogP contribution in [-0.2, 0) is 47.6 Å². The Hall–Kier alpha value is -4.66. The predicted molar refractivity (Wildman–Crippen MR) is 325 cm³/mol. The van der Waals surface area contributed by atoms with Gasteiger partial charge in [-0.15, -0.1) is 0 Å². The summed E-state index contributed by atoms with van der Waals surface area (Å²) in [6, 6.07) is 46.8. The van der Waals surface area contributed by atoms with Crippen LogP contribution in [-0.4, -0.2) is 0 Å². The first kappa shape index (κ1) is 61.2. The molecule has 6 aromatic carbocycles. The van der Waals surface area contributed by atoms with Gasteiger partial charge < -0.3 is 18.1 Å². The zero-order valence-corrected chi connectivity index (χ0v) is 52.4. The van der Waals surface area contributed by atoms with Crippen molar-refractivity contribution in [3.63, 3.8) is 0 Å². The molecule has 0 amide bonds. The summed E-state index contributed by atoms with van der Waals surface area (Å²) >= 11 is 0. The molecule has 0 aliphatic carbocycles. The van der Waals surface area contributed by atoms with E-state index in [4.69, 9.17) is 22.4 Å². The Kier molecular flexibility index (Phi) is 18.9. The number of hydrogen-bond donors (Lipinski definition) is 0. The van der Waals surface area contributed by atoms with E-state index in [2.05, 4.69) is 287 Å². The molecule has 0 saturated heterocycles. The van der Waals surface area contributed by atoms with Crippen molar-refractivity contribution in [2.24, 2.45) is 0 Å². The third-order valence-corrected chi connectivity index (χ3v) is 15.8. The first-order valence-electron chi connectivity index (χ1n) is 26.9. The van der Waals surface area contributed by atoms with Crippen molar-refractivity contribution >= 4 is 17.2 Å². The van der Waals surface area contributed by atoms with Crippen LogP contribution < -0.4 is 18.1 Å². The highest BCUT2D eigenvalue weighted by Crippen LogP contribution is 2.59. The fourth-order valence-corrected chi connectivity index (χ4v) is 10.7. The maximum atomic E-state index is 7.17. The van der Waals surface area contributed by atoms with E-state index in [1.54, 1.807) is 0 Å². The van der Waals surface area contributed by atoms with Crippen molar-refractivity contribution in [3.05, 3.63) is 178 Å². The Morgan fingerprint density at radius 2 is 0.440 bits per heavy atom.